The maximum Gasteiger partial charge on any atom is 0.229 e. The molecule has 0 bridgehead atoms. The van der Waals surface area contributed by atoms with Gasteiger partial charge in [-0.25, -0.2) is 0 Å². The molecule has 2 rings (SSSR count). The third-order valence-electron chi connectivity index (χ3n) is 3.78. The van der Waals surface area contributed by atoms with Crippen LogP contribution in [0.4, 0.5) is 5.69 Å². The Labute approximate surface area is 126 Å². The number of nitrogens with one attached hydrogen (secondary N) is 1. The number of rotatable bonds is 4. The van der Waals surface area contributed by atoms with Crippen LogP contribution in [0.2, 0.25) is 0 Å². The molecule has 2 aromatic rings. The van der Waals surface area contributed by atoms with Gasteiger partial charge in [-0.05, 0) is 31.0 Å². The van der Waals surface area contributed by atoms with Gasteiger partial charge in [-0.1, -0.05) is 55.0 Å². The lowest BCUT2D eigenvalue weighted by Gasteiger charge is -2.20. The Balaban J connectivity index is 2.09. The highest BCUT2D eigenvalue weighted by Gasteiger charge is 2.22. The van der Waals surface area contributed by atoms with Gasteiger partial charge in [0.05, 0.1) is 5.92 Å². The molecule has 0 aromatic heterocycles. The molecule has 3 N–H and O–H groups in total. The van der Waals surface area contributed by atoms with Crippen molar-refractivity contribution in [2.24, 2.45) is 11.7 Å². The molecular weight excluding hydrogens is 260 g/mol. The Bertz CT molecular complexity index is 622. The van der Waals surface area contributed by atoms with E-state index in [4.69, 9.17) is 5.73 Å². The topological polar surface area (TPSA) is 55.1 Å². The summed E-state index contributed by atoms with van der Waals surface area (Å²) in [6.45, 7) is 5.88. The van der Waals surface area contributed by atoms with Crippen molar-refractivity contribution in [1.29, 1.82) is 0 Å². The molecule has 3 heteroatoms. The normalized spacial score (nSPS) is 13.5. The molecule has 0 aliphatic rings. The Morgan fingerprint density at radius 3 is 2.38 bits per heavy atom. The fourth-order valence-electron chi connectivity index (χ4n) is 2.33. The summed E-state index contributed by atoms with van der Waals surface area (Å²) in [6.07, 6.45) is 0. The summed E-state index contributed by atoms with van der Waals surface area (Å²) in [5, 5.41) is 2.97. The lowest BCUT2D eigenvalue weighted by atomic mass is 9.94. The quantitative estimate of drug-likeness (QED) is 0.900. The van der Waals surface area contributed by atoms with E-state index < -0.39 is 0 Å². The molecule has 0 radical (unpaired) electrons. The number of hydrogen-bond acceptors (Lipinski definition) is 2. The second kappa shape index (κ2) is 6.55. The van der Waals surface area contributed by atoms with Gasteiger partial charge in [0.1, 0.15) is 0 Å². The van der Waals surface area contributed by atoms with Gasteiger partial charge in [0.25, 0.3) is 0 Å². The van der Waals surface area contributed by atoms with E-state index in [1.165, 1.54) is 5.56 Å². The van der Waals surface area contributed by atoms with Crippen molar-refractivity contribution in [2.75, 3.05) is 5.32 Å². The minimum absolute atomic E-state index is 0.0571. The number of carbonyl (C=O) groups excluding carboxylic acids is 1. The standard InChI is InChI=1S/C18H22N2O/c1-12-9-10-16(13(2)11-12)20-18(21)14(3)17(19)15-7-5-4-6-8-15/h4-11,14,17H,19H2,1-3H3,(H,20,21). The number of amides is 1. The molecule has 2 atom stereocenters. The largest absolute Gasteiger partial charge is 0.326 e. The first kappa shape index (κ1) is 15.3. The summed E-state index contributed by atoms with van der Waals surface area (Å²) in [4.78, 5) is 12.4. The average molecular weight is 282 g/mol. The SMILES string of the molecule is Cc1ccc(NC(=O)C(C)C(N)c2ccccc2)c(C)c1. The van der Waals surface area contributed by atoms with Crippen molar-refractivity contribution in [3.05, 3.63) is 65.2 Å². The second-order valence-electron chi connectivity index (χ2n) is 5.53. The van der Waals surface area contributed by atoms with Gasteiger partial charge in [-0.2, -0.15) is 0 Å². The van der Waals surface area contributed by atoms with E-state index in [0.717, 1.165) is 16.8 Å². The Morgan fingerprint density at radius 2 is 1.76 bits per heavy atom. The fraction of sp³-hybridized carbons (Fsp3) is 0.278. The minimum Gasteiger partial charge on any atom is -0.326 e. The molecule has 0 aliphatic heterocycles. The molecule has 2 aromatic carbocycles. The van der Waals surface area contributed by atoms with Crippen molar-refractivity contribution < 1.29 is 4.79 Å². The third-order valence-corrected chi connectivity index (χ3v) is 3.78. The van der Waals surface area contributed by atoms with E-state index in [-0.39, 0.29) is 17.9 Å². The van der Waals surface area contributed by atoms with E-state index in [2.05, 4.69) is 11.4 Å². The summed E-state index contributed by atoms with van der Waals surface area (Å²) >= 11 is 0. The number of benzene rings is 2. The van der Waals surface area contributed by atoms with Crippen molar-refractivity contribution in [2.45, 2.75) is 26.8 Å². The maximum absolute atomic E-state index is 12.4. The molecule has 0 saturated heterocycles. The zero-order chi connectivity index (χ0) is 15.4. The molecule has 21 heavy (non-hydrogen) atoms. The van der Waals surface area contributed by atoms with Gasteiger partial charge >= 0.3 is 0 Å². The summed E-state index contributed by atoms with van der Waals surface area (Å²) in [5.41, 5.74) is 10.3. The van der Waals surface area contributed by atoms with E-state index in [1.54, 1.807) is 0 Å². The Kier molecular flexibility index (Phi) is 4.76. The zero-order valence-corrected chi connectivity index (χ0v) is 12.8. The van der Waals surface area contributed by atoms with Gasteiger partial charge in [-0.3, -0.25) is 4.79 Å². The minimum atomic E-state index is -0.308. The predicted molar refractivity (Wildman–Crippen MR) is 87.1 cm³/mol. The smallest absolute Gasteiger partial charge is 0.229 e. The highest BCUT2D eigenvalue weighted by molar-refractivity contribution is 5.93. The first-order chi connectivity index (χ1) is 9.99. The van der Waals surface area contributed by atoms with E-state index in [9.17, 15) is 4.79 Å². The molecule has 0 saturated carbocycles. The molecule has 0 aliphatic carbocycles. The first-order valence-electron chi connectivity index (χ1n) is 7.17. The van der Waals surface area contributed by atoms with Crippen LogP contribution in [-0.4, -0.2) is 5.91 Å². The van der Waals surface area contributed by atoms with Crippen LogP contribution in [-0.2, 0) is 4.79 Å². The summed E-state index contributed by atoms with van der Waals surface area (Å²) in [6, 6.07) is 15.4. The van der Waals surface area contributed by atoms with Crippen LogP contribution in [0.5, 0.6) is 0 Å². The van der Waals surface area contributed by atoms with Gasteiger partial charge in [0, 0.05) is 11.7 Å². The number of carbonyl (C=O) groups is 1. The lowest BCUT2D eigenvalue weighted by Crippen LogP contribution is -2.30. The average Bonchev–Trinajstić information content (AvgIpc) is 2.49. The molecule has 110 valence electrons. The van der Waals surface area contributed by atoms with Crippen molar-refractivity contribution in [1.82, 2.24) is 0 Å². The molecule has 1 amide bonds. The van der Waals surface area contributed by atoms with Crippen molar-refractivity contribution in [3.63, 3.8) is 0 Å². The number of anilines is 1. The maximum atomic E-state index is 12.4. The van der Waals surface area contributed by atoms with Gasteiger partial charge < -0.3 is 11.1 Å². The number of nitrogens with two attached hydrogens (primary N) is 1. The van der Waals surface area contributed by atoms with Crippen molar-refractivity contribution in [3.8, 4) is 0 Å². The van der Waals surface area contributed by atoms with E-state index in [1.807, 2.05) is 63.2 Å². The highest BCUT2D eigenvalue weighted by Crippen LogP contribution is 2.22. The van der Waals surface area contributed by atoms with Gasteiger partial charge in [-0.15, -0.1) is 0 Å². The Hall–Kier alpha value is -2.13. The van der Waals surface area contributed by atoms with E-state index >= 15 is 0 Å². The van der Waals surface area contributed by atoms with Gasteiger partial charge in [0.2, 0.25) is 5.91 Å². The molecule has 3 nitrogen and oxygen atoms in total. The summed E-state index contributed by atoms with van der Waals surface area (Å²) in [7, 11) is 0. The van der Waals surface area contributed by atoms with Crippen LogP contribution in [0.1, 0.15) is 29.7 Å². The van der Waals surface area contributed by atoms with Gasteiger partial charge in [0.15, 0.2) is 0 Å². The fourth-order valence-corrected chi connectivity index (χ4v) is 2.33. The molecule has 0 spiro atoms. The van der Waals surface area contributed by atoms with Crippen LogP contribution >= 0.6 is 0 Å². The van der Waals surface area contributed by atoms with Crippen LogP contribution < -0.4 is 11.1 Å². The Morgan fingerprint density at radius 1 is 1.10 bits per heavy atom. The first-order valence-corrected chi connectivity index (χ1v) is 7.17. The predicted octanol–water partition coefficient (Wildman–Crippen LogP) is 3.58. The zero-order valence-electron chi connectivity index (χ0n) is 12.8. The third kappa shape index (κ3) is 3.70. The van der Waals surface area contributed by atoms with E-state index in [0.29, 0.717) is 0 Å². The molecule has 0 heterocycles. The van der Waals surface area contributed by atoms with Crippen molar-refractivity contribution >= 4 is 11.6 Å². The van der Waals surface area contributed by atoms with Crippen LogP contribution in [0.25, 0.3) is 0 Å². The highest BCUT2D eigenvalue weighted by atomic mass is 16.1. The number of hydrogen-bond donors (Lipinski definition) is 2. The summed E-state index contributed by atoms with van der Waals surface area (Å²) in [5.74, 6) is -0.355. The van der Waals surface area contributed by atoms with Crippen LogP contribution in [0.3, 0.4) is 0 Å². The van der Waals surface area contributed by atoms with Crippen LogP contribution in [0, 0.1) is 19.8 Å². The number of aryl methyl sites for hydroxylation is 2. The molecule has 0 fully saturated rings. The monoisotopic (exact) mass is 282 g/mol. The molecular formula is C18H22N2O. The lowest BCUT2D eigenvalue weighted by molar-refractivity contribution is -0.120. The summed E-state index contributed by atoms with van der Waals surface area (Å²) < 4.78 is 0. The second-order valence-corrected chi connectivity index (χ2v) is 5.53. The molecule has 2 unspecified atom stereocenters. The van der Waals surface area contributed by atoms with Crippen LogP contribution in [0.15, 0.2) is 48.5 Å².